The number of hydrogen-bond donors (Lipinski definition) is 1. The highest BCUT2D eigenvalue weighted by atomic mass is 127. The third kappa shape index (κ3) is 4.89. The lowest BCUT2D eigenvalue weighted by Gasteiger charge is -2.55. The number of Topliss-reactive ketones (excluding diaryl/α,β-unsaturated/α-hetero) is 1. The Morgan fingerprint density at radius 3 is 2.23 bits per heavy atom. The minimum Gasteiger partial charge on any atom is -0.504 e. The molecular formula is C41H31IN2O8. The van der Waals surface area contributed by atoms with Crippen molar-refractivity contribution in [1.82, 2.24) is 0 Å². The number of rotatable bonds is 6. The van der Waals surface area contributed by atoms with Gasteiger partial charge in [-0.2, -0.15) is 0 Å². The molecule has 2 amide bonds. The van der Waals surface area contributed by atoms with E-state index in [-0.39, 0.29) is 47.3 Å². The highest BCUT2D eigenvalue weighted by molar-refractivity contribution is 14.1. The topological polar surface area (TPSA) is 144 Å². The maximum Gasteiger partial charge on any atom is 0.269 e. The zero-order valence-electron chi connectivity index (χ0n) is 27.8. The van der Waals surface area contributed by atoms with Crippen LogP contribution in [-0.4, -0.2) is 40.5 Å². The summed E-state index contributed by atoms with van der Waals surface area (Å²) in [5, 5.41) is 22.2. The van der Waals surface area contributed by atoms with Crippen molar-refractivity contribution >= 4 is 62.9 Å². The van der Waals surface area contributed by atoms with Gasteiger partial charge in [-0.25, -0.2) is 0 Å². The molecule has 260 valence electrons. The summed E-state index contributed by atoms with van der Waals surface area (Å²) in [5.41, 5.74) is 1.59. The molecule has 1 N–H and O–H groups in total. The van der Waals surface area contributed by atoms with Gasteiger partial charge in [0.1, 0.15) is 0 Å². The van der Waals surface area contributed by atoms with Gasteiger partial charge in [-0.3, -0.25) is 34.2 Å². The molecule has 8 rings (SSSR count). The molecule has 1 saturated carbocycles. The number of non-ortho nitro benzene ring substituents is 1. The van der Waals surface area contributed by atoms with Crippen molar-refractivity contribution in [2.75, 3.05) is 12.0 Å². The maximum absolute atomic E-state index is 15.2. The number of methoxy groups -OCH3 is 1. The maximum atomic E-state index is 15.2. The highest BCUT2D eigenvalue weighted by Crippen LogP contribution is 2.64. The molecule has 3 aliphatic carbocycles. The molecule has 4 aromatic rings. The smallest absolute Gasteiger partial charge is 0.269 e. The lowest BCUT2D eigenvalue weighted by atomic mass is 9.44. The predicted molar refractivity (Wildman–Crippen MR) is 200 cm³/mol. The summed E-state index contributed by atoms with van der Waals surface area (Å²) in [6.45, 7) is 0. The molecule has 10 nitrogen and oxygen atoms in total. The Bertz CT molecular complexity index is 2250. The average molecular weight is 807 g/mol. The van der Waals surface area contributed by atoms with Gasteiger partial charge in [0, 0.05) is 29.5 Å². The average Bonchev–Trinajstić information content (AvgIpc) is 3.42. The zero-order chi connectivity index (χ0) is 36.5. The molecule has 6 atom stereocenters. The van der Waals surface area contributed by atoms with Gasteiger partial charge in [-0.1, -0.05) is 72.3 Å². The van der Waals surface area contributed by atoms with Crippen LogP contribution in [0.3, 0.4) is 0 Å². The molecule has 4 aliphatic rings. The normalized spacial score (nSPS) is 26.6. The molecule has 52 heavy (non-hydrogen) atoms. The minimum atomic E-state index is -1.43. The lowest BCUT2D eigenvalue weighted by molar-refractivity contribution is -0.384. The van der Waals surface area contributed by atoms with E-state index in [9.17, 15) is 24.8 Å². The Kier molecular flexibility index (Phi) is 8.20. The van der Waals surface area contributed by atoms with Crippen molar-refractivity contribution in [2.24, 2.45) is 23.7 Å². The van der Waals surface area contributed by atoms with E-state index < -0.39 is 51.7 Å². The fraction of sp³-hybridized carbons (Fsp3) is 0.220. The monoisotopic (exact) mass is 806 g/mol. The number of imide groups is 1. The number of fused-ring (bicyclic) bond motifs is 4. The van der Waals surface area contributed by atoms with Crippen LogP contribution < -0.4 is 9.64 Å². The number of carbonyl (C=O) groups is 4. The first-order chi connectivity index (χ1) is 25.1. The van der Waals surface area contributed by atoms with E-state index in [1.165, 1.54) is 37.5 Å². The third-order valence-electron chi connectivity index (χ3n) is 11.3. The molecule has 1 saturated heterocycles. The number of benzene rings is 4. The molecule has 1 aliphatic heterocycles. The molecule has 1 heterocycles. The number of nitro benzene ring substituents is 1. The van der Waals surface area contributed by atoms with Crippen LogP contribution in [0.4, 0.5) is 11.4 Å². The fourth-order valence-corrected chi connectivity index (χ4v) is 9.77. The predicted octanol–water partition coefficient (Wildman–Crippen LogP) is 6.94. The van der Waals surface area contributed by atoms with Crippen LogP contribution >= 0.6 is 22.6 Å². The second-order valence-electron chi connectivity index (χ2n) is 13.6. The van der Waals surface area contributed by atoms with Gasteiger partial charge in [-0.05, 0) is 88.4 Å². The number of phenolic OH excluding ortho intramolecular Hbond substituents is 1. The van der Waals surface area contributed by atoms with Gasteiger partial charge in [-0.15, -0.1) is 0 Å². The van der Waals surface area contributed by atoms with Crippen molar-refractivity contribution in [3.05, 3.63) is 145 Å². The van der Waals surface area contributed by atoms with Crippen molar-refractivity contribution < 1.29 is 33.9 Å². The summed E-state index contributed by atoms with van der Waals surface area (Å²) in [5.74, 6) is -5.08. The van der Waals surface area contributed by atoms with Crippen molar-refractivity contribution in [1.29, 1.82) is 0 Å². The van der Waals surface area contributed by atoms with Crippen molar-refractivity contribution in [3.8, 4) is 11.5 Å². The van der Waals surface area contributed by atoms with Crippen LogP contribution in [-0.2, 0) is 24.6 Å². The molecule has 4 aromatic carbocycles. The van der Waals surface area contributed by atoms with E-state index in [4.69, 9.17) is 4.74 Å². The van der Waals surface area contributed by atoms with E-state index in [1.807, 2.05) is 77.2 Å². The van der Waals surface area contributed by atoms with Gasteiger partial charge in [0.05, 0.1) is 38.5 Å². The Labute approximate surface area is 312 Å². The van der Waals surface area contributed by atoms with Crippen LogP contribution in [0.2, 0.25) is 0 Å². The molecule has 0 radical (unpaired) electrons. The molecule has 6 unspecified atom stereocenters. The van der Waals surface area contributed by atoms with Gasteiger partial charge in [0.25, 0.3) is 5.69 Å². The summed E-state index contributed by atoms with van der Waals surface area (Å²) in [4.78, 5) is 70.7. The van der Waals surface area contributed by atoms with Crippen LogP contribution in [0.1, 0.15) is 35.4 Å². The van der Waals surface area contributed by atoms with Crippen molar-refractivity contribution in [2.45, 2.75) is 24.2 Å². The number of hydrogen-bond acceptors (Lipinski definition) is 8. The Hall–Kier alpha value is -5.43. The standard InChI is InChI=1S/C41H31IN2O8/c1-52-33-19-23(18-32(42)38(33)47)36-27-16-17-28-35(40(49)43(39(28)48)25-12-14-26(15-13-25)44(50)51)30(27)20-31-37(46)29(22-8-4-2-5-9-22)21-34(45)41(31,36)24-10-6-3-7-11-24/h2-16,18-19,21,28,30-31,35-36,47H,17,20H2,1H3. The number of amides is 2. The van der Waals surface area contributed by atoms with Gasteiger partial charge < -0.3 is 9.84 Å². The molecule has 0 bridgehead atoms. The first-order valence-corrected chi connectivity index (χ1v) is 18.0. The van der Waals surface area contributed by atoms with E-state index in [0.29, 0.717) is 25.8 Å². The Balaban J connectivity index is 1.35. The zero-order valence-corrected chi connectivity index (χ0v) is 29.9. The number of carbonyl (C=O) groups excluding carboxylic acids is 4. The second kappa shape index (κ2) is 12.7. The van der Waals surface area contributed by atoms with E-state index in [0.717, 1.165) is 10.5 Å². The number of aromatic hydroxyl groups is 1. The number of ether oxygens (including phenoxy) is 1. The second-order valence-corrected chi connectivity index (χ2v) is 14.8. The summed E-state index contributed by atoms with van der Waals surface area (Å²) >= 11 is 2.02. The number of allylic oxidation sites excluding steroid dienone is 4. The molecular weight excluding hydrogens is 775 g/mol. The third-order valence-corrected chi connectivity index (χ3v) is 12.1. The van der Waals surface area contributed by atoms with Gasteiger partial charge >= 0.3 is 0 Å². The first-order valence-electron chi connectivity index (χ1n) is 16.9. The van der Waals surface area contributed by atoms with E-state index in [2.05, 4.69) is 0 Å². The van der Waals surface area contributed by atoms with E-state index in [1.54, 1.807) is 24.3 Å². The van der Waals surface area contributed by atoms with Crippen LogP contribution in [0.15, 0.2) is 115 Å². The summed E-state index contributed by atoms with van der Waals surface area (Å²) in [6.07, 6.45) is 3.77. The molecule has 11 heteroatoms. The lowest BCUT2D eigenvalue weighted by Crippen LogP contribution is -2.58. The van der Waals surface area contributed by atoms with E-state index >= 15 is 9.59 Å². The van der Waals surface area contributed by atoms with Crippen LogP contribution in [0.25, 0.3) is 5.57 Å². The Morgan fingerprint density at radius 2 is 1.58 bits per heavy atom. The number of halogens is 1. The summed E-state index contributed by atoms with van der Waals surface area (Å²) in [7, 11) is 1.44. The first kappa shape index (κ1) is 33.7. The molecule has 0 spiro atoms. The highest BCUT2D eigenvalue weighted by Gasteiger charge is 2.66. The number of nitrogens with zero attached hydrogens (tertiary/aromatic N) is 2. The number of ketones is 2. The quantitative estimate of drug-likeness (QED) is 0.0726. The van der Waals surface area contributed by atoms with Crippen LogP contribution in [0.5, 0.6) is 11.5 Å². The Morgan fingerprint density at radius 1 is 0.904 bits per heavy atom. The number of anilines is 1. The van der Waals surface area contributed by atoms with Crippen LogP contribution in [0, 0.1) is 37.4 Å². The summed E-state index contributed by atoms with van der Waals surface area (Å²) < 4.78 is 6.07. The molecule has 0 aromatic heterocycles. The van der Waals surface area contributed by atoms with Crippen molar-refractivity contribution in [3.63, 3.8) is 0 Å². The van der Waals surface area contributed by atoms with Gasteiger partial charge in [0.2, 0.25) is 11.8 Å². The molecule has 2 fully saturated rings. The minimum absolute atomic E-state index is 0.0603. The number of phenols is 1. The van der Waals surface area contributed by atoms with Gasteiger partial charge in [0.15, 0.2) is 23.1 Å². The SMILES string of the molecule is COc1cc(C2C3=CCC4C(=O)N(c5ccc([N+](=O)[O-])cc5)C(=O)C4C3CC3C(=O)C(c4ccccc4)=CC(=O)C32c2ccccc2)cc(I)c1O. The summed E-state index contributed by atoms with van der Waals surface area (Å²) in [6, 6.07) is 27.1. The number of nitro groups is 1. The fourth-order valence-electron chi connectivity index (χ4n) is 9.14. The largest absolute Gasteiger partial charge is 0.504 e.